The number of nitrogens with zero attached hydrogens (tertiary/aromatic N) is 1. The maximum Gasteiger partial charge on any atom is 0.341 e. The summed E-state index contributed by atoms with van der Waals surface area (Å²) in [5.41, 5.74) is 2.60. The lowest BCUT2D eigenvalue weighted by molar-refractivity contribution is -0.0977. The van der Waals surface area contributed by atoms with Gasteiger partial charge in [0.05, 0.1) is 17.3 Å². The van der Waals surface area contributed by atoms with E-state index in [0.29, 0.717) is 17.3 Å². The summed E-state index contributed by atoms with van der Waals surface area (Å²) in [6.07, 6.45) is 5.10. The zero-order valence-corrected chi connectivity index (χ0v) is 20.9. The highest BCUT2D eigenvalue weighted by Crippen LogP contribution is 2.52. The van der Waals surface area contributed by atoms with E-state index in [1.54, 1.807) is 7.11 Å². The fourth-order valence-electron chi connectivity index (χ4n) is 5.11. The van der Waals surface area contributed by atoms with Crippen LogP contribution in [0.15, 0.2) is 29.2 Å². The van der Waals surface area contributed by atoms with Crippen LogP contribution in [-0.2, 0) is 15.9 Å². The number of unbranched alkanes of at least 4 members (excludes halogenated alkanes) is 1. The molecule has 1 fully saturated rings. The molecule has 4 rings (SSSR count). The van der Waals surface area contributed by atoms with Gasteiger partial charge >= 0.3 is 5.97 Å². The minimum atomic E-state index is -1.22. The first-order valence-electron chi connectivity index (χ1n) is 11.7. The molecule has 33 heavy (non-hydrogen) atoms. The predicted molar refractivity (Wildman–Crippen MR) is 131 cm³/mol. The molecular formula is C26H34ClNO5. The minimum absolute atomic E-state index is 0.120. The van der Waals surface area contributed by atoms with Crippen molar-refractivity contribution in [3.05, 3.63) is 56.3 Å². The number of aromatic carboxylic acids is 1. The quantitative estimate of drug-likeness (QED) is 0.542. The Bertz CT molecular complexity index is 1080. The Balaban J connectivity index is 0.00000149. The predicted octanol–water partition coefficient (Wildman–Crippen LogP) is 5.70. The number of aromatic nitrogens is 1. The van der Waals surface area contributed by atoms with E-state index in [0.717, 1.165) is 49.0 Å². The summed E-state index contributed by atoms with van der Waals surface area (Å²) in [4.78, 5) is 24.2. The SMILES string of the molecule is CC.COCCCCc1cc2c(cc1Cl)-c1cc(=O)c(C(=O)O)cn1[C@H]1[C@@H]2CCOC1(C)C. The van der Waals surface area contributed by atoms with Crippen molar-refractivity contribution in [3.8, 4) is 11.3 Å². The number of hydrogen-bond acceptors (Lipinski definition) is 4. The monoisotopic (exact) mass is 475 g/mol. The number of halogens is 1. The van der Waals surface area contributed by atoms with Crippen molar-refractivity contribution in [2.24, 2.45) is 0 Å². The molecule has 0 bridgehead atoms. The smallest absolute Gasteiger partial charge is 0.341 e. The van der Waals surface area contributed by atoms with Crippen LogP contribution in [0.25, 0.3) is 11.3 Å². The standard InChI is InChI=1S/C24H28ClNO5.C2H6/c1-24(2)22-15(7-9-31-24)16-10-14(6-4-5-8-30-3)19(25)11-17(16)20-12-21(27)18(23(28)29)13-26(20)22;1-2/h10-13,15,22H,4-9H2,1-3H3,(H,28,29);1-2H3/t15-,22+;/m1./s1. The molecule has 6 nitrogen and oxygen atoms in total. The molecular weight excluding hydrogens is 442 g/mol. The number of hydrogen-bond donors (Lipinski definition) is 1. The van der Waals surface area contributed by atoms with Crippen LogP contribution in [0.4, 0.5) is 0 Å². The van der Waals surface area contributed by atoms with Crippen molar-refractivity contribution in [2.45, 2.75) is 70.9 Å². The van der Waals surface area contributed by atoms with E-state index in [-0.39, 0.29) is 17.5 Å². The normalized spacial score (nSPS) is 20.1. The zero-order chi connectivity index (χ0) is 24.3. The van der Waals surface area contributed by atoms with Gasteiger partial charge in [-0.1, -0.05) is 31.5 Å². The molecule has 3 heterocycles. The second-order valence-corrected chi connectivity index (χ2v) is 9.33. The molecule has 2 aromatic rings. The van der Waals surface area contributed by atoms with Crippen LogP contribution < -0.4 is 5.43 Å². The lowest BCUT2D eigenvalue weighted by atomic mass is 9.73. The van der Waals surface area contributed by atoms with Gasteiger partial charge < -0.3 is 19.1 Å². The highest BCUT2D eigenvalue weighted by atomic mass is 35.5. The molecule has 180 valence electrons. The van der Waals surface area contributed by atoms with E-state index in [1.807, 2.05) is 38.3 Å². The molecule has 1 N–H and O–H groups in total. The molecule has 1 aromatic heterocycles. The minimum Gasteiger partial charge on any atom is -0.477 e. The van der Waals surface area contributed by atoms with Gasteiger partial charge in [0.1, 0.15) is 5.56 Å². The molecule has 0 radical (unpaired) electrons. The van der Waals surface area contributed by atoms with Crippen LogP contribution >= 0.6 is 11.6 Å². The van der Waals surface area contributed by atoms with Crippen LogP contribution in [0.1, 0.15) is 80.4 Å². The maximum absolute atomic E-state index is 12.5. The Morgan fingerprint density at radius 2 is 2.00 bits per heavy atom. The number of methoxy groups -OCH3 is 1. The molecule has 2 aliphatic heterocycles. The van der Waals surface area contributed by atoms with Crippen LogP contribution in [0.3, 0.4) is 0 Å². The highest BCUT2D eigenvalue weighted by molar-refractivity contribution is 6.31. The van der Waals surface area contributed by atoms with Gasteiger partial charge in [0.15, 0.2) is 5.43 Å². The van der Waals surface area contributed by atoms with Gasteiger partial charge in [-0.05, 0) is 56.7 Å². The van der Waals surface area contributed by atoms with Gasteiger partial charge in [-0.3, -0.25) is 4.79 Å². The second-order valence-electron chi connectivity index (χ2n) is 8.92. The average molecular weight is 476 g/mol. The number of carbonyl (C=O) groups is 1. The van der Waals surface area contributed by atoms with Crippen molar-refractivity contribution in [2.75, 3.05) is 20.3 Å². The maximum atomic E-state index is 12.5. The van der Waals surface area contributed by atoms with Crippen molar-refractivity contribution < 1.29 is 19.4 Å². The Kier molecular flexibility index (Phi) is 8.04. The number of carboxylic acids is 1. The number of carboxylic acid groups (broad SMARTS) is 1. The fourth-order valence-corrected chi connectivity index (χ4v) is 5.36. The average Bonchev–Trinajstić information content (AvgIpc) is 2.77. The number of pyridine rings is 1. The van der Waals surface area contributed by atoms with Gasteiger partial charge in [-0.2, -0.15) is 0 Å². The summed E-state index contributed by atoms with van der Waals surface area (Å²) in [5.74, 6) is -1.08. The first-order chi connectivity index (χ1) is 15.7. The lowest BCUT2D eigenvalue weighted by Crippen LogP contribution is -2.47. The Morgan fingerprint density at radius 1 is 1.27 bits per heavy atom. The fraction of sp³-hybridized carbons (Fsp3) is 0.538. The molecule has 0 aliphatic carbocycles. The molecule has 0 unspecified atom stereocenters. The van der Waals surface area contributed by atoms with Gasteiger partial charge in [0.25, 0.3) is 0 Å². The number of fused-ring (bicyclic) bond motifs is 6. The molecule has 1 saturated heterocycles. The van der Waals surface area contributed by atoms with Gasteiger partial charge in [0, 0.05) is 49.1 Å². The van der Waals surface area contributed by atoms with E-state index >= 15 is 0 Å². The van der Waals surface area contributed by atoms with Gasteiger partial charge in [-0.25, -0.2) is 4.79 Å². The summed E-state index contributed by atoms with van der Waals surface area (Å²) >= 11 is 6.66. The van der Waals surface area contributed by atoms with Crippen LogP contribution in [0.2, 0.25) is 5.02 Å². The molecule has 0 amide bonds. The third-order valence-corrected chi connectivity index (χ3v) is 6.90. The molecule has 1 aromatic carbocycles. The number of ether oxygens (including phenoxy) is 2. The summed E-state index contributed by atoms with van der Waals surface area (Å²) in [6, 6.07) is 5.43. The first-order valence-corrected chi connectivity index (χ1v) is 12.1. The van der Waals surface area contributed by atoms with Crippen LogP contribution in [0.5, 0.6) is 0 Å². The van der Waals surface area contributed by atoms with Crippen LogP contribution in [0, 0.1) is 0 Å². The third-order valence-electron chi connectivity index (χ3n) is 6.54. The summed E-state index contributed by atoms with van der Waals surface area (Å²) in [7, 11) is 1.70. The van der Waals surface area contributed by atoms with E-state index in [1.165, 1.54) is 12.3 Å². The largest absolute Gasteiger partial charge is 0.477 e. The number of aryl methyl sites for hydroxylation is 1. The zero-order valence-electron chi connectivity index (χ0n) is 20.1. The van der Waals surface area contributed by atoms with Crippen molar-refractivity contribution in [3.63, 3.8) is 0 Å². The summed E-state index contributed by atoms with van der Waals surface area (Å²) < 4.78 is 13.2. The topological polar surface area (TPSA) is 77.8 Å². The number of benzene rings is 1. The van der Waals surface area contributed by atoms with Crippen molar-refractivity contribution in [1.82, 2.24) is 4.57 Å². The Labute approximate surface area is 200 Å². The van der Waals surface area contributed by atoms with E-state index in [4.69, 9.17) is 21.1 Å². The molecule has 0 saturated carbocycles. The number of rotatable bonds is 6. The highest BCUT2D eigenvalue weighted by Gasteiger charge is 2.46. The molecule has 2 atom stereocenters. The molecule has 7 heteroatoms. The Morgan fingerprint density at radius 3 is 2.67 bits per heavy atom. The summed E-state index contributed by atoms with van der Waals surface area (Å²) in [6.45, 7) is 9.40. The Hall–Kier alpha value is -2.15. The third kappa shape index (κ3) is 4.88. The van der Waals surface area contributed by atoms with E-state index in [9.17, 15) is 14.7 Å². The second kappa shape index (κ2) is 10.4. The summed E-state index contributed by atoms with van der Waals surface area (Å²) in [5, 5.41) is 10.2. The van der Waals surface area contributed by atoms with E-state index in [2.05, 4.69) is 6.07 Å². The molecule has 0 spiro atoms. The first kappa shape index (κ1) is 25.5. The van der Waals surface area contributed by atoms with E-state index < -0.39 is 17.0 Å². The lowest BCUT2D eigenvalue weighted by Gasteiger charge is -2.49. The van der Waals surface area contributed by atoms with Crippen molar-refractivity contribution in [1.29, 1.82) is 0 Å². The van der Waals surface area contributed by atoms with Crippen LogP contribution in [-0.4, -0.2) is 41.6 Å². The van der Waals surface area contributed by atoms with Crippen molar-refractivity contribution >= 4 is 17.6 Å². The van der Waals surface area contributed by atoms with Gasteiger partial charge in [-0.15, -0.1) is 0 Å². The van der Waals surface area contributed by atoms with Gasteiger partial charge in [0.2, 0.25) is 0 Å². The molecule has 2 aliphatic rings.